The molecule has 1 aliphatic heterocycles. The van der Waals surface area contributed by atoms with E-state index in [1.807, 2.05) is 11.9 Å². The van der Waals surface area contributed by atoms with Gasteiger partial charge in [0.05, 0.1) is 0 Å². The number of halogens is 4. The zero-order valence-electron chi connectivity index (χ0n) is 10.1. The van der Waals surface area contributed by atoms with Crippen molar-refractivity contribution in [3.05, 3.63) is 33.2 Å². The van der Waals surface area contributed by atoms with Gasteiger partial charge >= 0.3 is 6.18 Å². The van der Waals surface area contributed by atoms with Gasteiger partial charge < -0.3 is 4.90 Å². The van der Waals surface area contributed by atoms with Crippen molar-refractivity contribution in [3.8, 4) is 0 Å². The van der Waals surface area contributed by atoms with Crippen LogP contribution in [0.25, 0.3) is 10.1 Å². The van der Waals surface area contributed by atoms with E-state index in [0.29, 0.717) is 33.6 Å². The van der Waals surface area contributed by atoms with E-state index in [2.05, 4.69) is 0 Å². The van der Waals surface area contributed by atoms with E-state index in [1.54, 1.807) is 12.1 Å². The first-order valence-corrected chi connectivity index (χ1v) is 7.06. The monoisotopic (exact) mass is 305 g/mol. The first kappa shape index (κ1) is 13.2. The molecule has 0 spiro atoms. The van der Waals surface area contributed by atoms with E-state index < -0.39 is 11.1 Å². The molecule has 102 valence electrons. The molecule has 1 aromatic carbocycles. The molecule has 0 bridgehead atoms. The van der Waals surface area contributed by atoms with Gasteiger partial charge in [0.1, 0.15) is 4.88 Å². The van der Waals surface area contributed by atoms with E-state index in [1.165, 1.54) is 0 Å². The van der Waals surface area contributed by atoms with Crippen molar-refractivity contribution in [3.63, 3.8) is 0 Å². The van der Waals surface area contributed by atoms with E-state index in [-0.39, 0.29) is 0 Å². The minimum absolute atomic E-state index is 0.322. The first-order valence-electron chi connectivity index (χ1n) is 5.86. The highest BCUT2D eigenvalue weighted by Crippen LogP contribution is 2.45. The minimum Gasteiger partial charge on any atom is -0.302 e. The molecule has 0 aliphatic carbocycles. The molecule has 1 aromatic heterocycles. The summed E-state index contributed by atoms with van der Waals surface area (Å²) in [6.45, 7) is 1.04. The number of alkyl halides is 3. The minimum atomic E-state index is -4.30. The lowest BCUT2D eigenvalue weighted by Gasteiger charge is -2.14. The van der Waals surface area contributed by atoms with E-state index in [4.69, 9.17) is 11.6 Å². The summed E-state index contributed by atoms with van der Waals surface area (Å²) in [4.78, 5) is 1.42. The molecule has 0 amide bonds. The Bertz CT molecular complexity index is 647. The highest BCUT2D eigenvalue weighted by molar-refractivity contribution is 7.19. The van der Waals surface area contributed by atoms with Crippen molar-refractivity contribution in [1.29, 1.82) is 0 Å². The van der Waals surface area contributed by atoms with Crippen LogP contribution in [0, 0.1) is 0 Å². The molecular formula is C13H11ClF3NS. The summed E-state index contributed by atoms with van der Waals surface area (Å²) in [5.41, 5.74) is 1.23. The molecule has 0 atom stereocenters. The average Bonchev–Trinajstić information content (AvgIpc) is 2.57. The lowest BCUT2D eigenvalue weighted by Crippen LogP contribution is -2.20. The van der Waals surface area contributed by atoms with Crippen molar-refractivity contribution in [1.82, 2.24) is 4.90 Å². The zero-order valence-corrected chi connectivity index (χ0v) is 11.7. The van der Waals surface area contributed by atoms with Crippen LogP contribution in [0.3, 0.4) is 0 Å². The largest absolute Gasteiger partial charge is 0.425 e. The third-order valence-corrected chi connectivity index (χ3v) is 5.03. The zero-order chi connectivity index (χ0) is 13.8. The van der Waals surface area contributed by atoms with Gasteiger partial charge in [-0.3, -0.25) is 0 Å². The second-order valence-corrected chi connectivity index (χ2v) is 6.25. The number of rotatable bonds is 0. The van der Waals surface area contributed by atoms with Crippen LogP contribution in [0.5, 0.6) is 0 Å². The van der Waals surface area contributed by atoms with Crippen LogP contribution in [0.2, 0.25) is 5.02 Å². The van der Waals surface area contributed by atoms with E-state index >= 15 is 0 Å². The van der Waals surface area contributed by atoms with Crippen LogP contribution in [-0.4, -0.2) is 18.5 Å². The number of hydrogen-bond donors (Lipinski definition) is 0. The van der Waals surface area contributed by atoms with Crippen molar-refractivity contribution >= 4 is 33.0 Å². The summed E-state index contributed by atoms with van der Waals surface area (Å²) >= 11 is 6.98. The van der Waals surface area contributed by atoms with Gasteiger partial charge in [0.25, 0.3) is 0 Å². The van der Waals surface area contributed by atoms with Gasteiger partial charge in [-0.15, -0.1) is 11.3 Å². The van der Waals surface area contributed by atoms with Gasteiger partial charge in [0.15, 0.2) is 0 Å². The summed E-state index contributed by atoms with van der Waals surface area (Å²) < 4.78 is 40.1. The second-order valence-electron chi connectivity index (χ2n) is 4.79. The summed E-state index contributed by atoms with van der Waals surface area (Å²) in [6.07, 6.45) is -3.61. The third-order valence-electron chi connectivity index (χ3n) is 3.43. The Hall–Kier alpha value is -0.780. The molecule has 3 rings (SSSR count). The van der Waals surface area contributed by atoms with Crippen LogP contribution in [0.15, 0.2) is 12.1 Å². The predicted octanol–water partition coefficient (Wildman–Crippen LogP) is 4.56. The Morgan fingerprint density at radius 2 is 2.00 bits per heavy atom. The molecule has 1 nitrogen and oxygen atoms in total. The molecule has 0 unspecified atom stereocenters. The van der Waals surface area contributed by atoms with Gasteiger partial charge in [-0.25, -0.2) is 0 Å². The second kappa shape index (κ2) is 4.36. The van der Waals surface area contributed by atoms with E-state index in [9.17, 15) is 13.2 Å². The topological polar surface area (TPSA) is 3.24 Å². The van der Waals surface area contributed by atoms with Gasteiger partial charge in [-0.1, -0.05) is 11.6 Å². The van der Waals surface area contributed by atoms with Gasteiger partial charge in [-0.2, -0.15) is 13.2 Å². The smallest absolute Gasteiger partial charge is 0.302 e. The predicted molar refractivity (Wildman–Crippen MR) is 71.9 cm³/mol. The molecule has 19 heavy (non-hydrogen) atoms. The Labute approximate surface area is 117 Å². The van der Waals surface area contributed by atoms with Crippen molar-refractivity contribution in [2.75, 3.05) is 13.6 Å². The maximum absolute atomic E-state index is 13.1. The number of thiophene rings is 1. The fourth-order valence-corrected chi connectivity index (χ4v) is 3.94. The van der Waals surface area contributed by atoms with Crippen LogP contribution in [0.4, 0.5) is 13.2 Å². The molecular weight excluding hydrogens is 295 g/mol. The fourth-order valence-electron chi connectivity index (χ4n) is 2.58. The third kappa shape index (κ3) is 2.14. The fraction of sp³-hybridized carbons (Fsp3) is 0.385. The lowest BCUT2D eigenvalue weighted by atomic mass is 10.0. The Morgan fingerprint density at radius 1 is 1.26 bits per heavy atom. The summed E-state index contributed by atoms with van der Waals surface area (Å²) in [7, 11) is 1.84. The summed E-state index contributed by atoms with van der Waals surface area (Å²) in [5.74, 6) is 0. The highest BCUT2D eigenvalue weighted by Gasteiger charge is 2.38. The van der Waals surface area contributed by atoms with Crippen LogP contribution >= 0.6 is 22.9 Å². The van der Waals surface area contributed by atoms with Crippen LogP contribution < -0.4 is 0 Å². The number of nitrogens with zero attached hydrogens (tertiary/aromatic N) is 1. The molecule has 2 heterocycles. The first-order chi connectivity index (χ1) is 8.88. The van der Waals surface area contributed by atoms with Gasteiger partial charge in [-0.05, 0) is 36.7 Å². The standard InChI is InChI=1S/C13H11ClF3NS/c1-18-5-4-7-9(14)2-3-10-11(7)8(6-18)12(19-10)13(15,16)17/h2-3H,4-6H2,1H3. The van der Waals surface area contributed by atoms with Crippen molar-refractivity contribution < 1.29 is 13.2 Å². The molecule has 0 N–H and O–H groups in total. The number of likely N-dealkylation sites (N-methyl/N-ethyl adjacent to an activating group) is 1. The maximum Gasteiger partial charge on any atom is 0.425 e. The molecule has 6 heteroatoms. The summed E-state index contributed by atoms with van der Waals surface area (Å²) in [5, 5.41) is 1.28. The average molecular weight is 306 g/mol. The number of hydrogen-bond acceptors (Lipinski definition) is 2. The number of benzene rings is 1. The van der Waals surface area contributed by atoms with Crippen LogP contribution in [0.1, 0.15) is 16.0 Å². The van der Waals surface area contributed by atoms with Gasteiger partial charge in [0, 0.05) is 28.2 Å². The van der Waals surface area contributed by atoms with Gasteiger partial charge in [0.2, 0.25) is 0 Å². The van der Waals surface area contributed by atoms with Crippen LogP contribution in [-0.2, 0) is 19.1 Å². The maximum atomic E-state index is 13.1. The lowest BCUT2D eigenvalue weighted by molar-refractivity contribution is -0.135. The molecule has 0 fully saturated rings. The highest BCUT2D eigenvalue weighted by atomic mass is 35.5. The SMILES string of the molecule is CN1CCc2c(Cl)ccc3sc(C(F)(F)F)c(c23)C1. The Morgan fingerprint density at radius 3 is 2.68 bits per heavy atom. The summed E-state index contributed by atoms with van der Waals surface area (Å²) in [6, 6.07) is 3.39. The molecule has 0 saturated carbocycles. The molecule has 1 aliphatic rings. The van der Waals surface area contributed by atoms with E-state index in [0.717, 1.165) is 23.4 Å². The molecule has 2 aromatic rings. The Kier molecular flexibility index (Phi) is 3.04. The van der Waals surface area contributed by atoms with Crippen molar-refractivity contribution in [2.45, 2.75) is 19.1 Å². The molecule has 0 saturated heterocycles. The van der Waals surface area contributed by atoms with Crippen molar-refractivity contribution in [2.24, 2.45) is 0 Å². The quantitative estimate of drug-likeness (QED) is 0.689. The molecule has 0 radical (unpaired) electrons. The Balaban J connectivity index is 2.37. The normalized spacial score (nSPS) is 16.9.